The fourth-order valence-electron chi connectivity index (χ4n) is 13.5. The first-order valence-corrected chi connectivity index (χ1v) is 39.8. The largest absolute Gasteiger partial charge is 0.444 e. The van der Waals surface area contributed by atoms with Crippen LogP contribution in [0.2, 0.25) is 0 Å². The van der Waals surface area contributed by atoms with Gasteiger partial charge in [0.25, 0.3) is 0 Å². The highest BCUT2D eigenvalue weighted by atomic mass is 16.6. The van der Waals surface area contributed by atoms with E-state index in [2.05, 4.69) is 141 Å². The molecule has 8 aromatic carbocycles. The van der Waals surface area contributed by atoms with Crippen molar-refractivity contribution in [1.29, 1.82) is 0 Å². The number of ketones is 1. The molecule has 0 bridgehead atoms. The van der Waals surface area contributed by atoms with Crippen LogP contribution in [0.5, 0.6) is 0 Å². The number of likely N-dealkylation sites (N-methyl/N-ethyl adjacent to an activating group) is 1. The third kappa shape index (κ3) is 25.8. The molecule has 6 heterocycles. The first-order valence-electron chi connectivity index (χ1n) is 39.8. The molecule has 23 heteroatoms. The van der Waals surface area contributed by atoms with Gasteiger partial charge in [-0.3, -0.25) is 9.59 Å². The van der Waals surface area contributed by atoms with Gasteiger partial charge in [-0.1, -0.05) is 140 Å². The van der Waals surface area contributed by atoms with Crippen molar-refractivity contribution in [3.8, 4) is 33.8 Å². The Morgan fingerprint density at radius 3 is 1.29 bits per heavy atom. The number of nitrogens with two attached hydrogens (primary N) is 1. The van der Waals surface area contributed by atoms with Crippen molar-refractivity contribution in [3.63, 3.8) is 0 Å². The molecule has 0 spiro atoms. The number of nitrogen functional groups attached to an aromatic ring is 1. The van der Waals surface area contributed by atoms with Crippen molar-refractivity contribution >= 4 is 63.9 Å². The number of nitrogens with zero attached hydrogens (tertiary/aromatic N) is 10. The van der Waals surface area contributed by atoms with Gasteiger partial charge in [-0.2, -0.15) is 0 Å². The summed E-state index contributed by atoms with van der Waals surface area (Å²) in [5.41, 5.74) is 20.8. The van der Waals surface area contributed by atoms with E-state index in [1.165, 1.54) is 17.1 Å². The number of carbonyl (C=O) groups excluding carboxylic acids is 4. The number of hydrogen-bond acceptors (Lipinski definition) is 20. The quantitative estimate of drug-likeness (QED) is 0.0352. The molecule has 11 aromatic rings. The van der Waals surface area contributed by atoms with Crippen LogP contribution >= 0.6 is 0 Å². The lowest BCUT2D eigenvalue weighted by Crippen LogP contribution is -2.47. The molecule has 0 aliphatic carbocycles. The topological polar surface area (TPSA) is 270 Å². The first-order chi connectivity index (χ1) is 56.1. The van der Waals surface area contributed by atoms with E-state index in [9.17, 15) is 19.2 Å². The van der Waals surface area contributed by atoms with Crippen LogP contribution in [0.15, 0.2) is 243 Å². The Labute approximate surface area is 680 Å². The van der Waals surface area contributed by atoms with E-state index in [1.807, 2.05) is 152 Å². The number of carbonyl (C=O) groups is 4. The van der Waals surface area contributed by atoms with Crippen LogP contribution in [0, 0.1) is 0 Å². The molecule has 0 saturated carbocycles. The van der Waals surface area contributed by atoms with Crippen LogP contribution in [0.3, 0.4) is 0 Å². The summed E-state index contributed by atoms with van der Waals surface area (Å²) in [4.78, 5) is 88.9. The van der Waals surface area contributed by atoms with Crippen molar-refractivity contribution in [2.45, 2.75) is 104 Å². The molecule has 6 N–H and O–H groups in total. The predicted molar refractivity (Wildman–Crippen MR) is 459 cm³/mol. The van der Waals surface area contributed by atoms with Crippen LogP contribution < -0.4 is 41.7 Å². The summed E-state index contributed by atoms with van der Waals surface area (Å²) in [6.07, 6.45) is 6.23. The van der Waals surface area contributed by atoms with Gasteiger partial charge in [0, 0.05) is 147 Å². The summed E-state index contributed by atoms with van der Waals surface area (Å²) in [6.45, 7) is 25.2. The molecular weight excluding hydrogens is 1460 g/mol. The summed E-state index contributed by atoms with van der Waals surface area (Å²) in [5.74, 6) is 1.64. The number of alkyl carbamates (subject to hydrolysis) is 2. The average molecular weight is 1560 g/mol. The molecule has 3 aliphatic heterocycles. The van der Waals surface area contributed by atoms with Crippen LogP contribution in [0.4, 0.5) is 49.7 Å². The zero-order valence-corrected chi connectivity index (χ0v) is 67.3. The van der Waals surface area contributed by atoms with Gasteiger partial charge in [0.1, 0.15) is 28.9 Å². The molecule has 3 aliphatic rings. The number of ether oxygens (including phenoxy) is 4. The van der Waals surface area contributed by atoms with E-state index in [0.717, 1.165) is 170 Å². The van der Waals surface area contributed by atoms with E-state index < -0.39 is 35.5 Å². The Morgan fingerprint density at radius 1 is 0.431 bits per heavy atom. The maximum absolute atomic E-state index is 13.4. The number of hydrogen-bond donors (Lipinski definition) is 5. The summed E-state index contributed by atoms with van der Waals surface area (Å²) in [5, 5.41) is 11.7. The van der Waals surface area contributed by atoms with Crippen LogP contribution in [0.25, 0.3) is 33.8 Å². The molecule has 3 fully saturated rings. The van der Waals surface area contributed by atoms with E-state index in [-0.39, 0.29) is 18.1 Å². The van der Waals surface area contributed by atoms with Gasteiger partial charge >= 0.3 is 12.2 Å². The highest BCUT2D eigenvalue weighted by Gasteiger charge is 2.28. The Kier molecular flexibility index (Phi) is 29.0. The standard InChI is InChI=1S/C36H40N4O4.C35H39N5O4.C22H26N6/c1-36(2,3)44-35(42)39-32(23-26-7-5-4-6-8-26)33(41)24-27-9-13-29(14-10-27)31-17-18-37-34(38-31)25-28-11-15-30(16-12-28)40-19-21-43-22-20-40;1-35(2,3)44-34(42)39-31(23-25-7-5-4-6-8-25)33(41)37-28-13-11-27(12-14-28)30-17-18-36-32(38-30)24-26-9-15-29(16-10-26)40-19-21-43-22-20-40;1-2-27-13-15-28(16-14-27)20-9-7-19(8-10-20)25-22-24-12-11-21(26-22)17-3-5-18(23)6-4-17/h4-18,32H,19-25H2,1-3H3,(H,39,42);4-18,31H,19-24H2,1-3H3,(H,37,41)(H,39,42);3-12H,2,13-16,23H2,1H3,(H,24,25,26)/t32-;31-;/m10./s1. The molecule has 3 amide bonds. The second-order valence-electron chi connectivity index (χ2n) is 30.8. The van der Waals surface area contributed by atoms with Gasteiger partial charge in [0.05, 0.1) is 49.6 Å². The van der Waals surface area contributed by atoms with Gasteiger partial charge < -0.3 is 65.5 Å². The molecule has 2 atom stereocenters. The van der Waals surface area contributed by atoms with Crippen LogP contribution in [-0.4, -0.2) is 167 Å². The minimum Gasteiger partial charge on any atom is -0.444 e. The Balaban J connectivity index is 0.000000165. The molecule has 23 nitrogen and oxygen atoms in total. The van der Waals surface area contributed by atoms with Gasteiger partial charge in [0.2, 0.25) is 11.9 Å². The molecule has 14 rings (SSSR count). The zero-order valence-electron chi connectivity index (χ0n) is 67.3. The number of benzene rings is 8. The minimum absolute atomic E-state index is 0.0866. The third-order valence-corrected chi connectivity index (χ3v) is 19.7. The lowest BCUT2D eigenvalue weighted by Gasteiger charge is -2.35. The number of anilines is 7. The molecular formula is C93H105N15O8. The molecule has 0 radical (unpaired) electrons. The normalized spacial score (nSPS) is 14.2. The van der Waals surface area contributed by atoms with Gasteiger partial charge in [-0.05, 0) is 173 Å². The summed E-state index contributed by atoms with van der Waals surface area (Å²) < 4.78 is 21.7. The van der Waals surface area contributed by atoms with E-state index >= 15 is 0 Å². The van der Waals surface area contributed by atoms with E-state index in [1.54, 1.807) is 60.1 Å². The average Bonchev–Trinajstić information content (AvgIpc) is 0.844. The Hall–Kier alpha value is -12.4. The monoisotopic (exact) mass is 1560 g/mol. The van der Waals surface area contributed by atoms with E-state index in [0.29, 0.717) is 37.3 Å². The number of rotatable bonds is 24. The highest BCUT2D eigenvalue weighted by Crippen LogP contribution is 2.28. The fourth-order valence-corrected chi connectivity index (χ4v) is 13.5. The Bertz CT molecular complexity index is 4700. The van der Waals surface area contributed by atoms with Gasteiger partial charge in [0.15, 0.2) is 5.78 Å². The van der Waals surface area contributed by atoms with Gasteiger partial charge in [-0.15, -0.1) is 0 Å². The predicted octanol–water partition coefficient (Wildman–Crippen LogP) is 15.1. The molecule has 0 unspecified atom stereocenters. The maximum Gasteiger partial charge on any atom is 0.408 e. The number of amides is 3. The smallest absolute Gasteiger partial charge is 0.408 e. The van der Waals surface area contributed by atoms with E-state index in [4.69, 9.17) is 34.6 Å². The van der Waals surface area contributed by atoms with Crippen LogP contribution in [0.1, 0.15) is 87.9 Å². The summed E-state index contributed by atoms with van der Waals surface area (Å²) in [6, 6.07) is 71.9. The first kappa shape index (κ1) is 83.0. The maximum atomic E-state index is 13.4. The van der Waals surface area contributed by atoms with Crippen molar-refractivity contribution in [2.24, 2.45) is 0 Å². The number of piperazine rings is 1. The van der Waals surface area contributed by atoms with Gasteiger partial charge in [-0.25, -0.2) is 39.5 Å². The van der Waals surface area contributed by atoms with Crippen molar-refractivity contribution in [1.82, 2.24) is 45.4 Å². The second kappa shape index (κ2) is 40.5. The molecule has 600 valence electrons. The Morgan fingerprint density at radius 2 is 0.828 bits per heavy atom. The number of aromatic nitrogens is 6. The van der Waals surface area contributed by atoms with Crippen molar-refractivity contribution < 1.29 is 38.1 Å². The lowest BCUT2D eigenvalue weighted by atomic mass is 9.97. The zero-order chi connectivity index (χ0) is 81.2. The number of Topliss-reactive ketones (excluding diaryl/α,β-unsaturated/α-hetero) is 1. The summed E-state index contributed by atoms with van der Waals surface area (Å²) in [7, 11) is 0. The summed E-state index contributed by atoms with van der Waals surface area (Å²) >= 11 is 0. The number of nitrogens with one attached hydrogen (secondary N) is 4. The van der Waals surface area contributed by atoms with Crippen molar-refractivity contribution in [2.75, 3.05) is 116 Å². The molecule has 3 aromatic heterocycles. The second-order valence-corrected chi connectivity index (χ2v) is 30.8. The minimum atomic E-state index is -0.820. The lowest BCUT2D eigenvalue weighted by molar-refractivity contribution is -0.120. The van der Waals surface area contributed by atoms with Crippen LogP contribution in [-0.2, 0) is 60.6 Å². The molecule has 116 heavy (non-hydrogen) atoms. The SMILES string of the molecule is CC(C)(C)OC(=O)N[C@@H](Cc1ccccc1)C(=O)Nc1ccc(-c2ccnc(Cc3ccc(N4CCOCC4)cc3)n2)cc1.CC(C)(C)OC(=O)N[C@H](Cc1ccccc1)C(=O)Cc1ccc(-c2ccnc(Cc3ccc(N4CCOCC4)cc3)n2)cc1.CCN1CCN(c2ccc(Nc3nccc(-c4ccc(N)cc4)n3)cc2)CC1. The number of morpholine rings is 2. The third-order valence-electron chi connectivity index (χ3n) is 19.7. The highest BCUT2D eigenvalue weighted by molar-refractivity contribution is 5.97. The van der Waals surface area contributed by atoms with Crippen molar-refractivity contribution in [3.05, 3.63) is 283 Å². The molecule has 3 saturated heterocycles. The fraction of sp³-hybridized carbons (Fsp3) is 0.312.